The van der Waals surface area contributed by atoms with Crippen LogP contribution < -0.4 is 5.32 Å². The van der Waals surface area contributed by atoms with Crippen LogP contribution >= 0.6 is 11.6 Å². The lowest BCUT2D eigenvalue weighted by Crippen LogP contribution is -2.24. The highest BCUT2D eigenvalue weighted by Gasteiger charge is 2.07. The SMILES string of the molecule is CS(=O)(=O)Cc1ccc(CNC(=O)Cc2ccccc2Cl)cc1. The van der Waals surface area contributed by atoms with Crippen LogP contribution in [0.4, 0.5) is 0 Å². The summed E-state index contributed by atoms with van der Waals surface area (Å²) in [5.74, 6) is -0.0927. The van der Waals surface area contributed by atoms with Crippen LogP contribution in [-0.4, -0.2) is 20.6 Å². The lowest BCUT2D eigenvalue weighted by Gasteiger charge is -2.07. The fourth-order valence-electron chi connectivity index (χ4n) is 2.13. The van der Waals surface area contributed by atoms with Crippen LogP contribution in [0, 0.1) is 0 Å². The molecule has 0 atom stereocenters. The third-order valence-electron chi connectivity index (χ3n) is 3.25. The normalized spacial score (nSPS) is 11.2. The Hall–Kier alpha value is -1.85. The molecule has 1 amide bonds. The fourth-order valence-corrected chi connectivity index (χ4v) is 3.13. The maximum absolute atomic E-state index is 11.9. The molecule has 0 spiro atoms. The third kappa shape index (κ3) is 6.04. The Labute approximate surface area is 141 Å². The molecule has 122 valence electrons. The molecule has 0 aliphatic rings. The number of benzene rings is 2. The van der Waals surface area contributed by atoms with Crippen molar-refractivity contribution in [2.45, 2.75) is 18.7 Å². The number of nitrogens with one attached hydrogen (secondary N) is 1. The third-order valence-corrected chi connectivity index (χ3v) is 4.48. The minimum Gasteiger partial charge on any atom is -0.352 e. The molecular formula is C17H18ClNO3S. The van der Waals surface area contributed by atoms with Gasteiger partial charge in [0.25, 0.3) is 0 Å². The quantitative estimate of drug-likeness (QED) is 0.870. The van der Waals surface area contributed by atoms with E-state index in [2.05, 4.69) is 5.32 Å². The number of hydrogen-bond acceptors (Lipinski definition) is 3. The molecule has 2 aromatic rings. The van der Waals surface area contributed by atoms with Gasteiger partial charge in [-0.1, -0.05) is 54.1 Å². The van der Waals surface area contributed by atoms with E-state index < -0.39 is 9.84 Å². The number of sulfone groups is 1. The summed E-state index contributed by atoms with van der Waals surface area (Å²) in [6.07, 6.45) is 1.43. The van der Waals surface area contributed by atoms with Gasteiger partial charge < -0.3 is 5.32 Å². The number of carbonyl (C=O) groups excluding carboxylic acids is 1. The summed E-state index contributed by atoms with van der Waals surface area (Å²) < 4.78 is 22.5. The van der Waals surface area contributed by atoms with Crippen molar-refractivity contribution in [2.24, 2.45) is 0 Å². The van der Waals surface area contributed by atoms with E-state index in [1.54, 1.807) is 18.2 Å². The van der Waals surface area contributed by atoms with Gasteiger partial charge in [-0.25, -0.2) is 8.42 Å². The van der Waals surface area contributed by atoms with Crippen LogP contribution in [0.1, 0.15) is 16.7 Å². The maximum atomic E-state index is 11.9. The van der Waals surface area contributed by atoms with E-state index in [1.165, 1.54) is 6.26 Å². The number of rotatable bonds is 6. The average molecular weight is 352 g/mol. The Kier molecular flexibility index (Phi) is 5.80. The van der Waals surface area contributed by atoms with E-state index in [0.717, 1.165) is 16.7 Å². The van der Waals surface area contributed by atoms with Crippen LogP contribution in [0.3, 0.4) is 0 Å². The lowest BCUT2D eigenvalue weighted by molar-refractivity contribution is -0.120. The number of carbonyl (C=O) groups is 1. The van der Waals surface area contributed by atoms with Gasteiger partial charge in [-0.15, -0.1) is 0 Å². The molecule has 0 saturated carbocycles. The van der Waals surface area contributed by atoms with E-state index in [1.807, 2.05) is 30.3 Å². The highest BCUT2D eigenvalue weighted by molar-refractivity contribution is 7.89. The molecule has 0 radical (unpaired) electrons. The van der Waals surface area contributed by atoms with Crippen LogP contribution in [0.15, 0.2) is 48.5 Å². The minimum absolute atomic E-state index is 0.0200. The Morgan fingerprint density at radius 1 is 1.04 bits per heavy atom. The van der Waals surface area contributed by atoms with Gasteiger partial charge in [-0.2, -0.15) is 0 Å². The van der Waals surface area contributed by atoms with Crippen LogP contribution in [0.25, 0.3) is 0 Å². The van der Waals surface area contributed by atoms with E-state index in [9.17, 15) is 13.2 Å². The van der Waals surface area contributed by atoms with Gasteiger partial charge in [-0.05, 0) is 22.8 Å². The molecular weight excluding hydrogens is 334 g/mol. The van der Waals surface area contributed by atoms with E-state index in [4.69, 9.17) is 11.6 Å². The zero-order valence-electron chi connectivity index (χ0n) is 12.8. The summed E-state index contributed by atoms with van der Waals surface area (Å²) in [4.78, 5) is 11.9. The highest BCUT2D eigenvalue weighted by atomic mass is 35.5. The van der Waals surface area contributed by atoms with Crippen LogP contribution in [0.2, 0.25) is 5.02 Å². The molecule has 0 unspecified atom stereocenters. The van der Waals surface area contributed by atoms with Crippen LogP contribution in [0.5, 0.6) is 0 Å². The van der Waals surface area contributed by atoms with Gasteiger partial charge in [-0.3, -0.25) is 4.79 Å². The van der Waals surface area contributed by atoms with Crippen molar-refractivity contribution in [2.75, 3.05) is 6.26 Å². The minimum atomic E-state index is -3.04. The van der Waals surface area contributed by atoms with Gasteiger partial charge >= 0.3 is 0 Å². The van der Waals surface area contributed by atoms with Crippen molar-refractivity contribution in [1.82, 2.24) is 5.32 Å². The largest absolute Gasteiger partial charge is 0.352 e. The second-order valence-electron chi connectivity index (χ2n) is 5.43. The van der Waals surface area contributed by atoms with Gasteiger partial charge in [0.2, 0.25) is 5.91 Å². The first-order chi connectivity index (χ1) is 10.8. The molecule has 2 aromatic carbocycles. The summed E-state index contributed by atoms with van der Waals surface area (Å²) in [5.41, 5.74) is 2.43. The van der Waals surface area contributed by atoms with Crippen molar-refractivity contribution < 1.29 is 13.2 Å². The summed E-state index contributed by atoms with van der Waals surface area (Å²) in [6.45, 7) is 0.391. The molecule has 23 heavy (non-hydrogen) atoms. The Balaban J connectivity index is 1.88. The number of hydrogen-bond donors (Lipinski definition) is 1. The first-order valence-corrected chi connectivity index (χ1v) is 9.53. The highest BCUT2D eigenvalue weighted by Crippen LogP contribution is 2.15. The molecule has 0 aromatic heterocycles. The second-order valence-corrected chi connectivity index (χ2v) is 7.98. The molecule has 0 heterocycles. The van der Waals surface area contributed by atoms with Crippen molar-refractivity contribution in [3.63, 3.8) is 0 Å². The molecule has 0 fully saturated rings. The number of halogens is 1. The topological polar surface area (TPSA) is 63.2 Å². The van der Waals surface area contributed by atoms with Crippen molar-refractivity contribution in [3.8, 4) is 0 Å². The van der Waals surface area contributed by atoms with Crippen molar-refractivity contribution >= 4 is 27.3 Å². The van der Waals surface area contributed by atoms with Gasteiger partial charge in [0.05, 0.1) is 12.2 Å². The Morgan fingerprint density at radius 2 is 1.65 bits per heavy atom. The zero-order valence-corrected chi connectivity index (χ0v) is 14.3. The predicted octanol–water partition coefficient (Wildman–Crippen LogP) is 2.74. The molecule has 4 nitrogen and oxygen atoms in total. The van der Waals surface area contributed by atoms with E-state index in [-0.39, 0.29) is 18.1 Å². The first kappa shape index (κ1) is 17.5. The van der Waals surface area contributed by atoms with Gasteiger partial charge in [0, 0.05) is 17.8 Å². The Morgan fingerprint density at radius 3 is 2.26 bits per heavy atom. The molecule has 0 saturated heterocycles. The van der Waals surface area contributed by atoms with Gasteiger partial charge in [0.15, 0.2) is 9.84 Å². The smallest absolute Gasteiger partial charge is 0.224 e. The van der Waals surface area contributed by atoms with Crippen molar-refractivity contribution in [1.29, 1.82) is 0 Å². The van der Waals surface area contributed by atoms with Crippen molar-refractivity contribution in [3.05, 3.63) is 70.2 Å². The summed E-state index contributed by atoms with van der Waals surface area (Å²) in [5, 5.41) is 3.40. The van der Waals surface area contributed by atoms with Gasteiger partial charge in [0.1, 0.15) is 0 Å². The molecule has 1 N–H and O–H groups in total. The molecule has 2 rings (SSSR count). The van der Waals surface area contributed by atoms with E-state index in [0.29, 0.717) is 11.6 Å². The fraction of sp³-hybridized carbons (Fsp3) is 0.235. The standard InChI is InChI=1S/C17H18ClNO3S/c1-23(21,22)12-14-8-6-13(7-9-14)11-19-17(20)10-15-4-2-3-5-16(15)18/h2-9H,10-12H2,1H3,(H,19,20). The van der Waals surface area contributed by atoms with Crippen LogP contribution in [-0.2, 0) is 33.4 Å². The number of amides is 1. The summed E-state index contributed by atoms with van der Waals surface area (Å²) in [7, 11) is -3.04. The second kappa shape index (κ2) is 7.62. The predicted molar refractivity (Wildman–Crippen MR) is 92.0 cm³/mol. The molecule has 0 aliphatic carbocycles. The average Bonchev–Trinajstić information content (AvgIpc) is 2.47. The molecule has 0 bridgehead atoms. The maximum Gasteiger partial charge on any atom is 0.224 e. The monoisotopic (exact) mass is 351 g/mol. The Bertz CT molecular complexity index is 786. The zero-order chi connectivity index (χ0) is 16.9. The molecule has 0 aliphatic heterocycles. The molecule has 6 heteroatoms. The first-order valence-electron chi connectivity index (χ1n) is 7.09. The summed E-state index contributed by atoms with van der Waals surface area (Å²) >= 11 is 6.03. The lowest BCUT2D eigenvalue weighted by atomic mass is 10.1. The van der Waals surface area contributed by atoms with E-state index >= 15 is 0 Å². The summed E-state index contributed by atoms with van der Waals surface area (Å²) in [6, 6.07) is 14.4.